The van der Waals surface area contributed by atoms with E-state index in [9.17, 15) is 4.79 Å². The van der Waals surface area contributed by atoms with Gasteiger partial charge >= 0.3 is 5.97 Å². The highest BCUT2D eigenvalue weighted by atomic mass is 16.4. The number of hydrogen-bond acceptors (Lipinski definition) is 2. The molecule has 3 aromatic rings. The summed E-state index contributed by atoms with van der Waals surface area (Å²) in [5.41, 5.74) is 3.08. The molecule has 0 bridgehead atoms. The topological polar surface area (TPSA) is 50.2 Å². The Morgan fingerprint density at radius 3 is 2.55 bits per heavy atom. The number of carboxylic acid groups (broad SMARTS) is 1. The smallest absolute Gasteiger partial charge is 0.335 e. The Morgan fingerprint density at radius 2 is 1.80 bits per heavy atom. The van der Waals surface area contributed by atoms with Gasteiger partial charge in [-0.15, -0.1) is 0 Å². The summed E-state index contributed by atoms with van der Waals surface area (Å²) in [6.45, 7) is 2.06. The van der Waals surface area contributed by atoms with Gasteiger partial charge < -0.3 is 5.11 Å². The molecule has 20 heavy (non-hydrogen) atoms. The second kappa shape index (κ2) is 4.78. The van der Waals surface area contributed by atoms with Crippen molar-refractivity contribution in [1.82, 2.24) is 4.98 Å². The van der Waals surface area contributed by atoms with Gasteiger partial charge in [-0.25, -0.2) is 4.79 Å². The Kier molecular flexibility index (Phi) is 2.95. The number of fused-ring (bicyclic) bond motifs is 1. The molecular weight excluding hydrogens is 250 g/mol. The molecule has 0 aliphatic heterocycles. The van der Waals surface area contributed by atoms with E-state index < -0.39 is 5.97 Å². The van der Waals surface area contributed by atoms with E-state index in [-0.39, 0.29) is 5.56 Å². The molecule has 0 atom stereocenters. The van der Waals surface area contributed by atoms with E-state index in [4.69, 9.17) is 5.11 Å². The van der Waals surface area contributed by atoms with Gasteiger partial charge in [-0.1, -0.05) is 36.4 Å². The number of aromatic carboxylic acids is 1. The molecule has 0 spiro atoms. The van der Waals surface area contributed by atoms with Crippen LogP contribution in [0.3, 0.4) is 0 Å². The highest BCUT2D eigenvalue weighted by Crippen LogP contribution is 2.29. The van der Waals surface area contributed by atoms with Gasteiger partial charge in [0.05, 0.1) is 11.3 Å². The molecule has 0 saturated carbocycles. The molecule has 0 fully saturated rings. The van der Waals surface area contributed by atoms with Crippen LogP contribution in [0.5, 0.6) is 0 Å². The number of aryl methyl sites for hydroxylation is 1. The molecule has 1 heterocycles. The zero-order valence-corrected chi connectivity index (χ0v) is 11.0. The molecule has 0 aliphatic rings. The predicted molar refractivity (Wildman–Crippen MR) is 78.9 cm³/mol. The minimum Gasteiger partial charge on any atom is -0.478 e. The third-order valence-corrected chi connectivity index (χ3v) is 3.42. The second-order valence-electron chi connectivity index (χ2n) is 4.71. The van der Waals surface area contributed by atoms with Gasteiger partial charge in [-0.05, 0) is 35.4 Å². The third kappa shape index (κ3) is 2.03. The number of benzene rings is 2. The van der Waals surface area contributed by atoms with Crippen LogP contribution in [0.4, 0.5) is 0 Å². The van der Waals surface area contributed by atoms with Crippen molar-refractivity contribution >= 4 is 16.7 Å². The van der Waals surface area contributed by atoms with Gasteiger partial charge in [-0.3, -0.25) is 4.98 Å². The Bertz CT molecular complexity index is 809. The molecule has 1 N–H and O–H groups in total. The largest absolute Gasteiger partial charge is 0.478 e. The monoisotopic (exact) mass is 263 g/mol. The molecule has 2 aromatic carbocycles. The summed E-state index contributed by atoms with van der Waals surface area (Å²) >= 11 is 0. The van der Waals surface area contributed by atoms with Crippen molar-refractivity contribution in [3.05, 3.63) is 65.9 Å². The van der Waals surface area contributed by atoms with Crippen molar-refractivity contribution in [1.29, 1.82) is 0 Å². The van der Waals surface area contributed by atoms with E-state index in [2.05, 4.69) is 18.0 Å². The number of rotatable bonds is 2. The Hall–Kier alpha value is -2.68. The molecule has 1 aromatic heterocycles. The number of pyridine rings is 1. The molecule has 0 amide bonds. The fraction of sp³-hybridized carbons (Fsp3) is 0.0588. The van der Waals surface area contributed by atoms with Gasteiger partial charge in [-0.2, -0.15) is 0 Å². The van der Waals surface area contributed by atoms with E-state index in [1.54, 1.807) is 6.07 Å². The van der Waals surface area contributed by atoms with Crippen LogP contribution < -0.4 is 0 Å². The van der Waals surface area contributed by atoms with E-state index in [0.717, 1.165) is 16.3 Å². The summed E-state index contributed by atoms with van der Waals surface area (Å²) in [4.78, 5) is 15.4. The predicted octanol–water partition coefficient (Wildman–Crippen LogP) is 3.91. The molecule has 0 saturated heterocycles. The van der Waals surface area contributed by atoms with Crippen LogP contribution in [-0.4, -0.2) is 16.1 Å². The summed E-state index contributed by atoms with van der Waals surface area (Å²) < 4.78 is 0. The van der Waals surface area contributed by atoms with Crippen LogP contribution in [0, 0.1) is 6.92 Å². The van der Waals surface area contributed by atoms with E-state index in [1.807, 2.05) is 30.3 Å². The van der Waals surface area contributed by atoms with Gasteiger partial charge in [0.25, 0.3) is 0 Å². The van der Waals surface area contributed by atoms with Gasteiger partial charge in [0.2, 0.25) is 0 Å². The third-order valence-electron chi connectivity index (χ3n) is 3.42. The Labute approximate surface area is 116 Å². The fourth-order valence-electron chi connectivity index (χ4n) is 2.38. The summed E-state index contributed by atoms with van der Waals surface area (Å²) in [5, 5.41) is 11.3. The van der Waals surface area contributed by atoms with Crippen molar-refractivity contribution in [2.24, 2.45) is 0 Å². The quantitative estimate of drug-likeness (QED) is 0.762. The van der Waals surface area contributed by atoms with Gasteiger partial charge in [0.1, 0.15) is 0 Å². The van der Waals surface area contributed by atoms with Crippen molar-refractivity contribution in [2.75, 3.05) is 0 Å². The number of aromatic nitrogens is 1. The normalized spacial score (nSPS) is 10.7. The lowest BCUT2D eigenvalue weighted by Gasteiger charge is -2.09. The van der Waals surface area contributed by atoms with E-state index >= 15 is 0 Å². The molecule has 0 aliphatic carbocycles. The van der Waals surface area contributed by atoms with Crippen molar-refractivity contribution in [3.63, 3.8) is 0 Å². The average Bonchev–Trinajstić information content (AvgIpc) is 2.48. The first-order valence-electron chi connectivity index (χ1n) is 6.35. The lowest BCUT2D eigenvalue weighted by molar-refractivity contribution is 0.0697. The molecule has 3 heteroatoms. The molecule has 3 rings (SSSR count). The van der Waals surface area contributed by atoms with Gasteiger partial charge in [0.15, 0.2) is 0 Å². The van der Waals surface area contributed by atoms with Crippen LogP contribution in [0.2, 0.25) is 0 Å². The van der Waals surface area contributed by atoms with Crippen molar-refractivity contribution in [2.45, 2.75) is 6.92 Å². The first-order valence-corrected chi connectivity index (χ1v) is 6.35. The van der Waals surface area contributed by atoms with E-state index in [1.165, 1.54) is 17.8 Å². The lowest BCUT2D eigenvalue weighted by atomic mass is 9.97. The Morgan fingerprint density at radius 1 is 1.05 bits per heavy atom. The highest BCUT2D eigenvalue weighted by Gasteiger charge is 2.09. The van der Waals surface area contributed by atoms with Crippen LogP contribution >= 0.6 is 0 Å². The average molecular weight is 263 g/mol. The van der Waals surface area contributed by atoms with Gasteiger partial charge in [0, 0.05) is 11.8 Å². The lowest BCUT2D eigenvalue weighted by Crippen LogP contribution is -1.97. The zero-order valence-electron chi connectivity index (χ0n) is 11.0. The first-order chi connectivity index (χ1) is 9.66. The number of nitrogens with zero attached hydrogens (tertiary/aromatic N) is 1. The first kappa shape index (κ1) is 12.4. The maximum Gasteiger partial charge on any atom is 0.335 e. The highest BCUT2D eigenvalue weighted by molar-refractivity contribution is 5.98. The Balaban J connectivity index is 2.27. The molecule has 0 unspecified atom stereocenters. The summed E-state index contributed by atoms with van der Waals surface area (Å²) in [7, 11) is 0. The van der Waals surface area contributed by atoms with Crippen LogP contribution in [0.15, 0.2) is 54.7 Å². The summed E-state index contributed by atoms with van der Waals surface area (Å²) in [5.74, 6) is -0.940. The molecular formula is C17H13NO2. The minimum absolute atomic E-state index is 0.250. The summed E-state index contributed by atoms with van der Waals surface area (Å²) in [6.07, 6.45) is 1.54. The maximum absolute atomic E-state index is 11.1. The molecule has 3 nitrogen and oxygen atoms in total. The fourth-order valence-corrected chi connectivity index (χ4v) is 2.38. The number of carboxylic acids is 1. The summed E-state index contributed by atoms with van der Waals surface area (Å²) in [6, 6.07) is 15.2. The molecule has 98 valence electrons. The van der Waals surface area contributed by atoms with E-state index in [0.29, 0.717) is 5.69 Å². The van der Waals surface area contributed by atoms with Crippen molar-refractivity contribution < 1.29 is 9.90 Å². The minimum atomic E-state index is -0.940. The zero-order chi connectivity index (χ0) is 14.1. The molecule has 0 radical (unpaired) electrons. The number of hydrogen-bond donors (Lipinski definition) is 1. The van der Waals surface area contributed by atoms with Crippen LogP contribution in [-0.2, 0) is 0 Å². The second-order valence-corrected chi connectivity index (χ2v) is 4.71. The van der Waals surface area contributed by atoms with Crippen LogP contribution in [0.1, 0.15) is 15.9 Å². The SMILES string of the molecule is Cc1ccc(-c2cc(C(=O)O)ccn2)c2ccccc12. The number of carbonyl (C=O) groups is 1. The maximum atomic E-state index is 11.1. The van der Waals surface area contributed by atoms with Crippen LogP contribution in [0.25, 0.3) is 22.0 Å². The van der Waals surface area contributed by atoms with Crippen molar-refractivity contribution in [3.8, 4) is 11.3 Å². The standard InChI is InChI=1S/C17H13NO2/c1-11-6-7-15(14-5-3-2-4-13(11)14)16-10-12(17(19)20)8-9-18-16/h2-10H,1H3,(H,19,20).